The average Bonchev–Trinajstić information content (AvgIpc) is 3.45. The zero-order chi connectivity index (χ0) is 27.5. The number of Topliss-reactive ketones (excluding diaryl/α,β-unsaturated/α-hetero) is 1. The van der Waals surface area contributed by atoms with E-state index in [-0.39, 0.29) is 22.7 Å². The summed E-state index contributed by atoms with van der Waals surface area (Å²) in [5.74, 6) is -1.52. The van der Waals surface area contributed by atoms with E-state index < -0.39 is 23.5 Å². The quantitative estimate of drug-likeness (QED) is 0.196. The van der Waals surface area contributed by atoms with Gasteiger partial charge in [0.15, 0.2) is 0 Å². The fraction of sp³-hybridized carbons (Fsp3) is 0.258. The van der Waals surface area contributed by atoms with Crippen LogP contribution in [-0.4, -0.2) is 33.4 Å². The van der Waals surface area contributed by atoms with E-state index in [2.05, 4.69) is 30.7 Å². The number of nitrogens with one attached hydrogen (secondary N) is 1. The lowest BCUT2D eigenvalue weighted by Gasteiger charge is -2.25. The van der Waals surface area contributed by atoms with Crippen molar-refractivity contribution in [3.8, 4) is 5.75 Å². The van der Waals surface area contributed by atoms with Gasteiger partial charge in [-0.25, -0.2) is 9.37 Å². The van der Waals surface area contributed by atoms with Crippen molar-refractivity contribution in [3.63, 3.8) is 0 Å². The fourth-order valence-corrected chi connectivity index (χ4v) is 5.28. The minimum atomic E-state index is -0.947. The molecule has 1 amide bonds. The predicted octanol–water partition coefficient (Wildman–Crippen LogP) is 5.95. The van der Waals surface area contributed by atoms with Crippen LogP contribution in [0.2, 0.25) is 0 Å². The molecule has 0 bridgehead atoms. The molecule has 2 aliphatic rings. The molecular weight excluding hydrogens is 497 g/mol. The van der Waals surface area contributed by atoms with Crippen LogP contribution in [-0.2, 0) is 21.4 Å². The van der Waals surface area contributed by atoms with Crippen LogP contribution in [0.3, 0.4) is 0 Å². The van der Waals surface area contributed by atoms with Crippen molar-refractivity contribution in [1.29, 1.82) is 0 Å². The Morgan fingerprint density at radius 1 is 1.08 bits per heavy atom. The van der Waals surface area contributed by atoms with E-state index in [1.165, 1.54) is 23.1 Å². The molecule has 0 radical (unpaired) electrons. The van der Waals surface area contributed by atoms with E-state index in [0.717, 1.165) is 29.7 Å². The molecule has 1 aromatic heterocycles. The number of anilines is 1. The summed E-state index contributed by atoms with van der Waals surface area (Å²) in [4.78, 5) is 35.8. The molecule has 1 saturated heterocycles. The van der Waals surface area contributed by atoms with Gasteiger partial charge in [0.1, 0.15) is 17.3 Å². The highest BCUT2D eigenvalue weighted by Crippen LogP contribution is 2.42. The van der Waals surface area contributed by atoms with Gasteiger partial charge in [0, 0.05) is 5.56 Å². The number of carbonyl (C=O) groups is 2. The Morgan fingerprint density at radius 3 is 2.59 bits per heavy atom. The summed E-state index contributed by atoms with van der Waals surface area (Å²) < 4.78 is 19.6. The lowest BCUT2D eigenvalue weighted by molar-refractivity contribution is -0.132. The fourth-order valence-electron chi connectivity index (χ4n) is 5.28. The molecule has 4 aromatic rings. The first kappa shape index (κ1) is 24.9. The summed E-state index contributed by atoms with van der Waals surface area (Å²) in [6.45, 7) is 6.93. The first-order valence-corrected chi connectivity index (χ1v) is 12.9. The van der Waals surface area contributed by atoms with E-state index in [1.807, 2.05) is 24.3 Å². The molecule has 8 heteroatoms. The Hall–Kier alpha value is -4.46. The molecule has 3 aromatic carbocycles. The SMILES string of the molecule is CC(C)(C)c1ccc(C2/C(=C(\O)c3ccc4c(c3)CCCO4)C(=O)C(=O)N2c2nc3ccc(F)cc3[nH]2)cc1. The lowest BCUT2D eigenvalue weighted by atomic mass is 9.85. The number of aromatic amines is 1. The minimum Gasteiger partial charge on any atom is -0.507 e. The third-order valence-corrected chi connectivity index (χ3v) is 7.38. The number of aryl methyl sites for hydroxylation is 1. The highest BCUT2D eigenvalue weighted by atomic mass is 19.1. The van der Waals surface area contributed by atoms with Crippen LogP contribution in [0.1, 0.15) is 55.5 Å². The van der Waals surface area contributed by atoms with E-state index >= 15 is 0 Å². The Balaban J connectivity index is 1.53. The summed E-state index contributed by atoms with van der Waals surface area (Å²) in [6.07, 6.45) is 1.65. The minimum absolute atomic E-state index is 0.0353. The summed E-state index contributed by atoms with van der Waals surface area (Å²) in [5.41, 5.74) is 3.79. The first-order valence-electron chi connectivity index (χ1n) is 12.9. The number of aliphatic hydroxyl groups is 1. The van der Waals surface area contributed by atoms with Crippen LogP contribution in [0.15, 0.2) is 66.2 Å². The van der Waals surface area contributed by atoms with E-state index in [1.54, 1.807) is 18.2 Å². The number of imidazole rings is 1. The molecule has 1 fully saturated rings. The molecule has 0 aliphatic carbocycles. The number of hydrogen-bond donors (Lipinski definition) is 2. The van der Waals surface area contributed by atoms with Crippen LogP contribution in [0, 0.1) is 5.82 Å². The number of ether oxygens (including phenoxy) is 1. The smallest absolute Gasteiger partial charge is 0.302 e. The predicted molar refractivity (Wildman–Crippen MR) is 146 cm³/mol. The van der Waals surface area contributed by atoms with Gasteiger partial charge >= 0.3 is 5.91 Å². The second-order valence-corrected chi connectivity index (χ2v) is 11.0. The van der Waals surface area contributed by atoms with Gasteiger partial charge in [0.2, 0.25) is 5.95 Å². The molecule has 7 nitrogen and oxygen atoms in total. The highest BCUT2D eigenvalue weighted by molar-refractivity contribution is 6.51. The van der Waals surface area contributed by atoms with Gasteiger partial charge in [-0.2, -0.15) is 0 Å². The molecule has 198 valence electrons. The van der Waals surface area contributed by atoms with Crippen molar-refractivity contribution in [1.82, 2.24) is 9.97 Å². The van der Waals surface area contributed by atoms with Gasteiger partial charge in [-0.05, 0) is 71.3 Å². The van der Waals surface area contributed by atoms with Crippen molar-refractivity contribution in [2.75, 3.05) is 11.5 Å². The maximum Gasteiger partial charge on any atom is 0.302 e. The Morgan fingerprint density at radius 2 is 1.85 bits per heavy atom. The van der Waals surface area contributed by atoms with Gasteiger partial charge in [-0.3, -0.25) is 14.5 Å². The van der Waals surface area contributed by atoms with Crippen LogP contribution < -0.4 is 9.64 Å². The molecular formula is C31H28FN3O4. The molecule has 0 spiro atoms. The Kier molecular flexibility index (Phi) is 5.79. The second-order valence-electron chi connectivity index (χ2n) is 11.0. The Bertz CT molecular complexity index is 1660. The number of fused-ring (bicyclic) bond motifs is 2. The molecule has 39 heavy (non-hydrogen) atoms. The van der Waals surface area contributed by atoms with Gasteiger partial charge < -0.3 is 14.8 Å². The number of rotatable bonds is 3. The lowest BCUT2D eigenvalue weighted by Crippen LogP contribution is -2.30. The van der Waals surface area contributed by atoms with Crippen molar-refractivity contribution in [3.05, 3.63) is 94.3 Å². The number of carbonyl (C=O) groups excluding carboxylic acids is 2. The van der Waals surface area contributed by atoms with Gasteiger partial charge in [0.25, 0.3) is 5.78 Å². The second kappa shape index (κ2) is 9.08. The Labute approximate surface area is 224 Å². The van der Waals surface area contributed by atoms with E-state index in [0.29, 0.717) is 28.8 Å². The zero-order valence-corrected chi connectivity index (χ0v) is 21.9. The standard InChI is InChI=1S/C31H28FN3O4/c1-31(2,3)20-9-6-17(7-10-20)26-25(27(36)19-8-13-24-18(15-19)5-4-14-39-24)28(37)29(38)35(26)30-33-22-12-11-21(32)16-23(22)34-30/h6-13,15-16,26,36H,4-5,14H2,1-3H3,(H,33,34)/b27-25+. The zero-order valence-electron chi connectivity index (χ0n) is 21.9. The number of aliphatic hydroxyl groups excluding tert-OH is 1. The molecule has 6 rings (SSSR count). The van der Waals surface area contributed by atoms with Gasteiger partial charge in [-0.15, -0.1) is 0 Å². The van der Waals surface area contributed by atoms with Crippen LogP contribution >= 0.6 is 0 Å². The van der Waals surface area contributed by atoms with Gasteiger partial charge in [-0.1, -0.05) is 45.0 Å². The molecule has 1 unspecified atom stereocenters. The number of H-pyrrole nitrogens is 1. The average molecular weight is 526 g/mol. The van der Waals surface area contributed by atoms with Crippen molar-refractivity contribution >= 4 is 34.4 Å². The number of ketones is 1. The maximum absolute atomic E-state index is 13.9. The normalized spacial score (nSPS) is 18.9. The van der Waals surface area contributed by atoms with Gasteiger partial charge in [0.05, 0.1) is 29.3 Å². The number of amides is 1. The third-order valence-electron chi connectivity index (χ3n) is 7.38. The van der Waals surface area contributed by atoms with E-state index in [9.17, 15) is 19.1 Å². The molecule has 3 heterocycles. The van der Waals surface area contributed by atoms with Crippen molar-refractivity contribution < 1.29 is 23.8 Å². The number of nitrogens with zero attached hydrogens (tertiary/aromatic N) is 2. The first-order chi connectivity index (χ1) is 18.6. The van der Waals surface area contributed by atoms with Crippen molar-refractivity contribution in [2.45, 2.75) is 45.1 Å². The summed E-state index contributed by atoms with van der Waals surface area (Å²) in [7, 11) is 0. The van der Waals surface area contributed by atoms with Crippen LogP contribution in [0.4, 0.5) is 10.3 Å². The highest BCUT2D eigenvalue weighted by Gasteiger charge is 2.48. The van der Waals surface area contributed by atoms with E-state index in [4.69, 9.17) is 4.74 Å². The third kappa shape index (κ3) is 4.26. The maximum atomic E-state index is 13.9. The molecule has 1 atom stereocenters. The number of aromatic nitrogens is 2. The monoisotopic (exact) mass is 525 g/mol. The molecule has 2 aliphatic heterocycles. The largest absolute Gasteiger partial charge is 0.507 e. The van der Waals surface area contributed by atoms with Crippen LogP contribution in [0.25, 0.3) is 16.8 Å². The van der Waals surface area contributed by atoms with Crippen LogP contribution in [0.5, 0.6) is 5.75 Å². The van der Waals surface area contributed by atoms with Crippen molar-refractivity contribution in [2.24, 2.45) is 0 Å². The molecule has 0 saturated carbocycles. The number of hydrogen-bond acceptors (Lipinski definition) is 5. The summed E-state index contributed by atoms with van der Waals surface area (Å²) in [5, 5.41) is 11.5. The summed E-state index contributed by atoms with van der Waals surface area (Å²) >= 11 is 0. The summed E-state index contributed by atoms with van der Waals surface area (Å²) in [6, 6.07) is 16.0. The number of benzene rings is 3. The number of halogens is 1. The molecule has 2 N–H and O–H groups in total. The topological polar surface area (TPSA) is 95.5 Å².